The molecule has 0 aromatic heterocycles. The zero-order valence-corrected chi connectivity index (χ0v) is 9.86. The number of hydrogen-bond donors (Lipinski definition) is 2. The number of carbonyl (C=O) groups is 1. The molecule has 0 aliphatic carbocycles. The average molecular weight is 253 g/mol. The minimum atomic E-state index is -3.84. The van der Waals surface area contributed by atoms with E-state index >= 15 is 0 Å². The fourth-order valence-corrected chi connectivity index (χ4v) is 2.35. The normalized spacial score (nSPS) is 12.7. The van der Waals surface area contributed by atoms with Crippen molar-refractivity contribution in [2.75, 3.05) is 0 Å². The van der Waals surface area contributed by atoms with Crippen molar-refractivity contribution in [2.24, 2.45) is 5.73 Å². The number of primary amides is 1. The first kappa shape index (κ1) is 13.2. The fourth-order valence-electron chi connectivity index (χ4n) is 1.09. The smallest absolute Gasteiger partial charge is 0.241 e. The molecule has 1 rings (SSSR count). The van der Waals surface area contributed by atoms with Crippen LogP contribution in [0.15, 0.2) is 29.2 Å². The maximum atomic E-state index is 11.8. The number of benzene rings is 1. The summed E-state index contributed by atoms with van der Waals surface area (Å²) in [4.78, 5) is 10.7. The van der Waals surface area contributed by atoms with Gasteiger partial charge in [0.25, 0.3) is 0 Å². The lowest BCUT2D eigenvalue weighted by Gasteiger charge is -2.10. The number of nitrogens with one attached hydrogen (secondary N) is 1. The molecule has 0 radical (unpaired) electrons. The van der Waals surface area contributed by atoms with E-state index in [0.29, 0.717) is 0 Å². The molecule has 0 aliphatic heterocycles. The van der Waals surface area contributed by atoms with Crippen LogP contribution in [0.3, 0.4) is 0 Å². The van der Waals surface area contributed by atoms with Gasteiger partial charge in [-0.2, -0.15) is 9.98 Å². The van der Waals surface area contributed by atoms with Gasteiger partial charge in [0.2, 0.25) is 15.9 Å². The Bertz CT molecular complexity index is 575. The molecular weight excluding hydrogens is 242 g/mol. The molecule has 1 amide bonds. The molecule has 1 atom stereocenters. The van der Waals surface area contributed by atoms with E-state index in [1.807, 2.05) is 6.07 Å². The first-order valence-corrected chi connectivity index (χ1v) is 6.17. The molecule has 17 heavy (non-hydrogen) atoms. The Hall–Kier alpha value is -1.91. The van der Waals surface area contributed by atoms with Crippen LogP contribution < -0.4 is 10.5 Å². The van der Waals surface area contributed by atoms with E-state index in [9.17, 15) is 13.2 Å². The van der Waals surface area contributed by atoms with Crippen molar-refractivity contribution in [1.29, 1.82) is 5.26 Å². The Labute approximate surface area is 99.1 Å². The number of carbonyl (C=O) groups excluding carboxylic acids is 1. The van der Waals surface area contributed by atoms with Gasteiger partial charge in [-0.15, -0.1) is 0 Å². The summed E-state index contributed by atoms with van der Waals surface area (Å²) in [6.07, 6.45) is 0. The Morgan fingerprint density at radius 1 is 1.53 bits per heavy atom. The van der Waals surface area contributed by atoms with Crippen molar-refractivity contribution in [3.8, 4) is 6.07 Å². The molecule has 0 spiro atoms. The summed E-state index contributed by atoms with van der Waals surface area (Å²) in [7, 11) is -3.84. The van der Waals surface area contributed by atoms with E-state index in [4.69, 9.17) is 11.0 Å². The van der Waals surface area contributed by atoms with Crippen LogP contribution >= 0.6 is 0 Å². The van der Waals surface area contributed by atoms with E-state index in [2.05, 4.69) is 4.72 Å². The summed E-state index contributed by atoms with van der Waals surface area (Å²) in [6.45, 7) is 1.34. The standard InChI is InChI=1S/C10H11N3O3S/c1-7(10(12)14)13-17(15,16)9-4-2-3-8(5-9)6-11/h2-5,7,13H,1H3,(H2,12,14). The highest BCUT2D eigenvalue weighted by Gasteiger charge is 2.20. The third kappa shape index (κ3) is 3.27. The summed E-state index contributed by atoms with van der Waals surface area (Å²) in [6, 6.07) is 6.30. The Morgan fingerprint density at radius 2 is 2.18 bits per heavy atom. The van der Waals surface area contributed by atoms with Crippen LogP contribution in [0.5, 0.6) is 0 Å². The third-order valence-corrected chi connectivity index (χ3v) is 3.57. The van der Waals surface area contributed by atoms with Crippen LogP contribution in [0, 0.1) is 11.3 Å². The quantitative estimate of drug-likeness (QED) is 0.767. The van der Waals surface area contributed by atoms with Crippen LogP contribution in [-0.2, 0) is 14.8 Å². The molecule has 90 valence electrons. The van der Waals surface area contributed by atoms with Crippen LogP contribution in [0.2, 0.25) is 0 Å². The van der Waals surface area contributed by atoms with Gasteiger partial charge in [0.1, 0.15) is 0 Å². The maximum Gasteiger partial charge on any atom is 0.241 e. The van der Waals surface area contributed by atoms with Crippen molar-refractivity contribution in [3.63, 3.8) is 0 Å². The van der Waals surface area contributed by atoms with E-state index in [1.165, 1.54) is 31.2 Å². The van der Waals surface area contributed by atoms with Crippen LogP contribution in [0.25, 0.3) is 0 Å². The number of sulfonamides is 1. The van der Waals surface area contributed by atoms with Gasteiger partial charge in [0.05, 0.1) is 22.6 Å². The van der Waals surface area contributed by atoms with Gasteiger partial charge in [-0.3, -0.25) is 4.79 Å². The van der Waals surface area contributed by atoms with E-state index in [1.54, 1.807) is 0 Å². The molecular formula is C10H11N3O3S. The summed E-state index contributed by atoms with van der Waals surface area (Å²) < 4.78 is 25.7. The van der Waals surface area contributed by atoms with Crippen molar-refractivity contribution in [2.45, 2.75) is 17.9 Å². The number of amides is 1. The molecule has 0 fully saturated rings. The SMILES string of the molecule is CC(NS(=O)(=O)c1cccc(C#N)c1)C(N)=O. The Morgan fingerprint density at radius 3 is 2.71 bits per heavy atom. The second kappa shape index (κ2) is 4.95. The molecule has 0 aliphatic rings. The number of nitrogens with two attached hydrogens (primary N) is 1. The van der Waals surface area contributed by atoms with Crippen molar-refractivity contribution in [3.05, 3.63) is 29.8 Å². The molecule has 0 saturated heterocycles. The maximum absolute atomic E-state index is 11.8. The first-order valence-electron chi connectivity index (χ1n) is 4.68. The number of nitrogens with zero attached hydrogens (tertiary/aromatic N) is 1. The van der Waals surface area contributed by atoms with E-state index in [-0.39, 0.29) is 10.5 Å². The van der Waals surface area contributed by atoms with Gasteiger partial charge in [0, 0.05) is 0 Å². The minimum Gasteiger partial charge on any atom is -0.368 e. The highest BCUT2D eigenvalue weighted by molar-refractivity contribution is 7.89. The van der Waals surface area contributed by atoms with Gasteiger partial charge in [-0.25, -0.2) is 8.42 Å². The lowest BCUT2D eigenvalue weighted by atomic mass is 10.2. The van der Waals surface area contributed by atoms with E-state index in [0.717, 1.165) is 0 Å². The van der Waals surface area contributed by atoms with Crippen molar-refractivity contribution >= 4 is 15.9 Å². The van der Waals surface area contributed by atoms with Crippen molar-refractivity contribution in [1.82, 2.24) is 4.72 Å². The van der Waals surface area contributed by atoms with Crippen LogP contribution in [0.4, 0.5) is 0 Å². The van der Waals surface area contributed by atoms with Gasteiger partial charge < -0.3 is 5.73 Å². The molecule has 3 N–H and O–H groups in total. The molecule has 1 aromatic rings. The molecule has 0 saturated carbocycles. The second-order valence-electron chi connectivity index (χ2n) is 3.38. The third-order valence-electron chi connectivity index (χ3n) is 2.03. The Balaban J connectivity index is 3.06. The largest absolute Gasteiger partial charge is 0.368 e. The number of rotatable bonds is 4. The molecule has 0 bridgehead atoms. The highest BCUT2D eigenvalue weighted by Crippen LogP contribution is 2.11. The molecule has 7 heteroatoms. The predicted molar refractivity (Wildman–Crippen MR) is 60.1 cm³/mol. The van der Waals surface area contributed by atoms with Gasteiger partial charge in [0.15, 0.2) is 0 Å². The number of nitriles is 1. The van der Waals surface area contributed by atoms with Crippen LogP contribution in [-0.4, -0.2) is 20.4 Å². The monoisotopic (exact) mass is 253 g/mol. The van der Waals surface area contributed by atoms with Gasteiger partial charge >= 0.3 is 0 Å². The molecule has 1 unspecified atom stereocenters. The fraction of sp³-hybridized carbons (Fsp3) is 0.200. The highest BCUT2D eigenvalue weighted by atomic mass is 32.2. The molecule has 6 nitrogen and oxygen atoms in total. The van der Waals surface area contributed by atoms with Crippen molar-refractivity contribution < 1.29 is 13.2 Å². The van der Waals surface area contributed by atoms with Crippen LogP contribution in [0.1, 0.15) is 12.5 Å². The molecule has 1 aromatic carbocycles. The summed E-state index contributed by atoms with van der Waals surface area (Å²) in [5.74, 6) is -0.773. The second-order valence-corrected chi connectivity index (χ2v) is 5.10. The Kier molecular flexibility index (Phi) is 3.83. The van der Waals surface area contributed by atoms with Gasteiger partial charge in [-0.05, 0) is 25.1 Å². The zero-order valence-electron chi connectivity index (χ0n) is 9.04. The predicted octanol–water partition coefficient (Wildman–Crippen LogP) is -0.290. The first-order chi connectivity index (χ1) is 7.86. The molecule has 0 heterocycles. The number of hydrogen-bond acceptors (Lipinski definition) is 4. The zero-order chi connectivity index (χ0) is 13.1. The summed E-state index contributed by atoms with van der Waals surface area (Å²) in [5, 5.41) is 8.66. The summed E-state index contributed by atoms with van der Waals surface area (Å²) in [5.41, 5.74) is 5.18. The topological polar surface area (TPSA) is 113 Å². The van der Waals surface area contributed by atoms with E-state index < -0.39 is 22.0 Å². The lowest BCUT2D eigenvalue weighted by Crippen LogP contribution is -2.42. The van der Waals surface area contributed by atoms with Gasteiger partial charge in [-0.1, -0.05) is 6.07 Å². The lowest BCUT2D eigenvalue weighted by molar-refractivity contribution is -0.119. The average Bonchev–Trinajstić information content (AvgIpc) is 2.28. The summed E-state index contributed by atoms with van der Waals surface area (Å²) >= 11 is 0. The minimum absolute atomic E-state index is 0.0790.